The molecule has 6 heteroatoms. The molecule has 2 aliphatic rings. The number of amides is 1. The van der Waals surface area contributed by atoms with E-state index in [0.29, 0.717) is 18.0 Å². The molecule has 1 aromatic carbocycles. The van der Waals surface area contributed by atoms with Crippen molar-refractivity contribution in [2.45, 2.75) is 24.0 Å². The van der Waals surface area contributed by atoms with E-state index in [2.05, 4.69) is 15.5 Å². The van der Waals surface area contributed by atoms with Gasteiger partial charge in [-0.15, -0.1) is 5.10 Å². The van der Waals surface area contributed by atoms with E-state index < -0.39 is 4.75 Å². The van der Waals surface area contributed by atoms with Crippen LogP contribution in [0.25, 0.3) is 0 Å². The minimum absolute atomic E-state index is 0.0256. The first-order chi connectivity index (χ1) is 9.71. The average molecular weight is 287 g/mol. The highest BCUT2D eigenvalue weighted by Gasteiger charge is 2.52. The number of Topliss-reactive ketones (excluding diaryl/α,β-unsaturated/α-hetero) is 1. The fourth-order valence-electron chi connectivity index (χ4n) is 2.33. The van der Waals surface area contributed by atoms with Crippen molar-refractivity contribution >= 4 is 34.8 Å². The third-order valence-electron chi connectivity index (χ3n) is 3.39. The van der Waals surface area contributed by atoms with Gasteiger partial charge in [-0.3, -0.25) is 9.59 Å². The number of hydrogen-bond acceptors (Lipinski definition) is 5. The van der Waals surface area contributed by atoms with E-state index in [1.54, 1.807) is 6.21 Å². The quantitative estimate of drug-likeness (QED) is 0.631. The van der Waals surface area contributed by atoms with Crippen LogP contribution in [0.3, 0.4) is 0 Å². The Kier molecular flexibility index (Phi) is 3.40. The molecule has 3 rings (SSSR count). The number of amidine groups is 1. The average Bonchev–Trinajstić information content (AvgIpc) is 2.83. The molecule has 1 aliphatic heterocycles. The fourth-order valence-corrected chi connectivity index (χ4v) is 3.43. The largest absolute Gasteiger partial charge is 0.298 e. The number of benzene rings is 1. The standard InChI is InChI=1S/C14H13N3O2S/c18-11-7-4-8-14(11)12(19)16-17-13(20-14)15-9-10-5-2-1-3-6-10/h1-3,5-6,9H,4,7-8H2,(H,16,19)/b15-9-. The van der Waals surface area contributed by atoms with Crippen LogP contribution < -0.4 is 5.43 Å². The lowest BCUT2D eigenvalue weighted by Gasteiger charge is -2.26. The minimum Gasteiger partial charge on any atom is -0.298 e. The Hall–Kier alpha value is -1.95. The van der Waals surface area contributed by atoms with Gasteiger partial charge in [0.05, 0.1) is 0 Å². The zero-order valence-electron chi connectivity index (χ0n) is 10.7. The lowest BCUT2D eigenvalue weighted by atomic mass is 10.1. The normalized spacial score (nSPS) is 26.1. The number of thioether (sulfide) groups is 1. The Morgan fingerprint density at radius 2 is 2.10 bits per heavy atom. The first-order valence-corrected chi connectivity index (χ1v) is 7.22. The van der Waals surface area contributed by atoms with Crippen LogP contribution in [0.1, 0.15) is 24.8 Å². The summed E-state index contributed by atoms with van der Waals surface area (Å²) in [7, 11) is 0. The van der Waals surface area contributed by atoms with Crippen molar-refractivity contribution in [3.05, 3.63) is 35.9 Å². The van der Waals surface area contributed by atoms with E-state index in [0.717, 1.165) is 12.0 Å². The zero-order chi connectivity index (χ0) is 14.0. The highest BCUT2D eigenvalue weighted by atomic mass is 32.2. The molecule has 0 saturated heterocycles. The first-order valence-electron chi connectivity index (χ1n) is 6.40. The van der Waals surface area contributed by atoms with Gasteiger partial charge in [-0.2, -0.15) is 0 Å². The number of aliphatic imine (C=N–C) groups is 1. The van der Waals surface area contributed by atoms with Gasteiger partial charge in [0.1, 0.15) is 0 Å². The second-order valence-corrected chi connectivity index (χ2v) is 5.98. The Bertz CT molecular complexity index is 612. The highest BCUT2D eigenvalue weighted by Crippen LogP contribution is 2.41. The molecular formula is C14H13N3O2S. The smallest absolute Gasteiger partial charge is 0.264 e. The molecule has 0 bridgehead atoms. The van der Waals surface area contributed by atoms with Crippen molar-refractivity contribution in [3.63, 3.8) is 0 Å². The van der Waals surface area contributed by atoms with Crippen molar-refractivity contribution < 1.29 is 9.59 Å². The van der Waals surface area contributed by atoms with Crippen LogP contribution in [-0.4, -0.2) is 27.8 Å². The molecule has 0 radical (unpaired) electrons. The van der Waals surface area contributed by atoms with Crippen molar-refractivity contribution in [2.75, 3.05) is 0 Å². The third-order valence-corrected chi connectivity index (χ3v) is 4.74. The van der Waals surface area contributed by atoms with Gasteiger partial charge in [0.15, 0.2) is 10.5 Å². The second kappa shape index (κ2) is 5.20. The predicted octanol–water partition coefficient (Wildman–Crippen LogP) is 1.73. The van der Waals surface area contributed by atoms with Crippen LogP contribution in [0, 0.1) is 0 Å². The Morgan fingerprint density at radius 3 is 2.80 bits per heavy atom. The maximum Gasteiger partial charge on any atom is 0.264 e. The maximum absolute atomic E-state index is 12.0. The van der Waals surface area contributed by atoms with E-state index in [9.17, 15) is 9.59 Å². The summed E-state index contributed by atoms with van der Waals surface area (Å²) in [5, 5.41) is 4.33. The topological polar surface area (TPSA) is 70.9 Å². The molecule has 1 aromatic rings. The number of ketones is 1. The van der Waals surface area contributed by atoms with Crippen molar-refractivity contribution in [1.29, 1.82) is 0 Å². The number of nitrogens with one attached hydrogen (secondary N) is 1. The van der Waals surface area contributed by atoms with Gasteiger partial charge in [-0.25, -0.2) is 10.4 Å². The molecule has 102 valence electrons. The summed E-state index contributed by atoms with van der Waals surface area (Å²) in [4.78, 5) is 28.2. The number of hydrogen-bond donors (Lipinski definition) is 1. The van der Waals surface area contributed by atoms with Crippen molar-refractivity contribution in [2.24, 2.45) is 10.1 Å². The Labute approximate surface area is 120 Å². The van der Waals surface area contributed by atoms with Crippen molar-refractivity contribution in [3.8, 4) is 0 Å². The van der Waals surface area contributed by atoms with Gasteiger partial charge in [-0.05, 0) is 18.4 Å². The molecule has 1 aliphatic carbocycles. The highest BCUT2D eigenvalue weighted by molar-refractivity contribution is 8.16. The lowest BCUT2D eigenvalue weighted by molar-refractivity contribution is -0.130. The van der Waals surface area contributed by atoms with E-state index in [4.69, 9.17) is 0 Å². The number of rotatable bonds is 1. The molecule has 1 unspecified atom stereocenters. The number of carbonyl (C=O) groups excluding carboxylic acids is 2. The van der Waals surface area contributed by atoms with Crippen LogP contribution in [0.15, 0.2) is 40.4 Å². The summed E-state index contributed by atoms with van der Waals surface area (Å²) in [6, 6.07) is 9.61. The molecule has 1 atom stereocenters. The molecule has 0 aromatic heterocycles. The van der Waals surface area contributed by atoms with Crippen molar-refractivity contribution in [1.82, 2.24) is 5.43 Å². The molecule has 1 fully saturated rings. The van der Waals surface area contributed by atoms with Gasteiger partial charge in [0.25, 0.3) is 5.91 Å². The van der Waals surface area contributed by atoms with Gasteiger partial charge in [0.2, 0.25) is 5.17 Å². The van der Waals surface area contributed by atoms with Crippen LogP contribution in [-0.2, 0) is 9.59 Å². The molecule has 1 saturated carbocycles. The summed E-state index contributed by atoms with van der Waals surface area (Å²) >= 11 is 1.17. The van der Waals surface area contributed by atoms with Gasteiger partial charge >= 0.3 is 0 Å². The minimum atomic E-state index is -1.01. The van der Waals surface area contributed by atoms with Crippen LogP contribution in [0.2, 0.25) is 0 Å². The van der Waals surface area contributed by atoms with Crippen LogP contribution in [0.4, 0.5) is 0 Å². The molecule has 1 spiro atoms. The zero-order valence-corrected chi connectivity index (χ0v) is 11.5. The molecule has 1 N–H and O–H groups in total. The number of nitrogens with zero attached hydrogens (tertiary/aromatic N) is 2. The summed E-state index contributed by atoms with van der Waals surface area (Å²) in [5.41, 5.74) is 3.37. The summed E-state index contributed by atoms with van der Waals surface area (Å²) in [5.74, 6) is -0.342. The summed E-state index contributed by atoms with van der Waals surface area (Å²) < 4.78 is -1.01. The maximum atomic E-state index is 12.0. The number of hydrazone groups is 1. The fraction of sp³-hybridized carbons (Fsp3) is 0.286. The summed E-state index contributed by atoms with van der Waals surface area (Å²) in [6.07, 6.45) is 3.43. The van der Waals surface area contributed by atoms with Gasteiger partial charge < -0.3 is 0 Å². The molecular weight excluding hydrogens is 274 g/mol. The van der Waals surface area contributed by atoms with E-state index >= 15 is 0 Å². The monoisotopic (exact) mass is 287 g/mol. The Morgan fingerprint density at radius 1 is 1.30 bits per heavy atom. The third kappa shape index (κ3) is 2.27. The molecule has 1 amide bonds. The predicted molar refractivity (Wildman–Crippen MR) is 78.8 cm³/mol. The molecule has 20 heavy (non-hydrogen) atoms. The molecule has 5 nitrogen and oxygen atoms in total. The van der Waals surface area contributed by atoms with E-state index in [-0.39, 0.29) is 11.7 Å². The molecule has 1 heterocycles. The SMILES string of the molecule is O=C1CCCC12SC(/N=C\c1ccccc1)=NNC2=O. The van der Waals surface area contributed by atoms with Gasteiger partial charge in [-0.1, -0.05) is 42.1 Å². The van der Waals surface area contributed by atoms with E-state index in [1.807, 2.05) is 30.3 Å². The lowest BCUT2D eigenvalue weighted by Crippen LogP contribution is -2.49. The Balaban J connectivity index is 1.81. The van der Waals surface area contributed by atoms with E-state index in [1.165, 1.54) is 11.8 Å². The van der Waals surface area contributed by atoms with Crippen LogP contribution in [0.5, 0.6) is 0 Å². The second-order valence-electron chi connectivity index (χ2n) is 4.71. The summed E-state index contributed by atoms with van der Waals surface area (Å²) in [6.45, 7) is 0. The van der Waals surface area contributed by atoms with Gasteiger partial charge in [0, 0.05) is 12.6 Å². The van der Waals surface area contributed by atoms with Crippen LogP contribution >= 0.6 is 11.8 Å². The number of carbonyl (C=O) groups is 2. The first kappa shape index (κ1) is 13.1.